The van der Waals surface area contributed by atoms with Crippen LogP contribution in [0.3, 0.4) is 0 Å². The average Bonchev–Trinajstić information content (AvgIpc) is 3.07. The lowest BCUT2D eigenvalue weighted by Gasteiger charge is -2.16. The first-order valence-electron chi connectivity index (χ1n) is 9.47. The van der Waals surface area contributed by atoms with Gasteiger partial charge in [0.05, 0.1) is 0 Å². The van der Waals surface area contributed by atoms with Crippen molar-refractivity contribution in [2.75, 3.05) is 19.6 Å². The number of benzene rings is 1. The van der Waals surface area contributed by atoms with E-state index in [1.54, 1.807) is 19.1 Å². The Balaban J connectivity index is 1.47. The Kier molecular flexibility index (Phi) is 4.79. The van der Waals surface area contributed by atoms with Gasteiger partial charge < -0.3 is 9.73 Å². The zero-order valence-corrected chi connectivity index (χ0v) is 16.5. The predicted molar refractivity (Wildman–Crippen MR) is 101 cm³/mol. The molecule has 150 valence electrons. The number of rotatable bonds is 6. The van der Waals surface area contributed by atoms with E-state index in [2.05, 4.69) is 5.32 Å². The zero-order chi connectivity index (χ0) is 19.9. The van der Waals surface area contributed by atoms with Gasteiger partial charge in [-0.1, -0.05) is 12.1 Å². The number of nitrogens with one attached hydrogen (secondary N) is 1. The van der Waals surface area contributed by atoms with Gasteiger partial charge in [0.1, 0.15) is 16.5 Å². The summed E-state index contributed by atoms with van der Waals surface area (Å²) >= 11 is 0. The molecule has 2 fully saturated rings. The van der Waals surface area contributed by atoms with Gasteiger partial charge in [-0.05, 0) is 50.3 Å². The van der Waals surface area contributed by atoms with Gasteiger partial charge in [-0.15, -0.1) is 0 Å². The molecule has 0 unspecified atom stereocenters. The summed E-state index contributed by atoms with van der Waals surface area (Å²) in [5.41, 5.74) is 0.803. The van der Waals surface area contributed by atoms with E-state index < -0.39 is 15.9 Å². The third kappa shape index (κ3) is 3.46. The summed E-state index contributed by atoms with van der Waals surface area (Å²) in [7, 11) is -3.64. The van der Waals surface area contributed by atoms with Gasteiger partial charge in [-0.3, -0.25) is 4.79 Å². The zero-order valence-electron chi connectivity index (χ0n) is 15.7. The summed E-state index contributed by atoms with van der Waals surface area (Å²) in [6.45, 7) is 2.94. The molecule has 2 aromatic rings. The summed E-state index contributed by atoms with van der Waals surface area (Å²) in [4.78, 5) is 12.6. The number of hydrogen-bond donors (Lipinski definition) is 1. The summed E-state index contributed by atoms with van der Waals surface area (Å²) in [5.74, 6) is -0.525. The molecule has 6 nitrogen and oxygen atoms in total. The van der Waals surface area contributed by atoms with Crippen LogP contribution in [0.1, 0.15) is 47.6 Å². The van der Waals surface area contributed by atoms with Crippen molar-refractivity contribution < 1.29 is 22.0 Å². The van der Waals surface area contributed by atoms with Crippen LogP contribution < -0.4 is 5.32 Å². The van der Waals surface area contributed by atoms with Gasteiger partial charge in [0.15, 0.2) is 5.76 Å². The third-order valence-corrected chi connectivity index (χ3v) is 7.68. The predicted octanol–water partition coefficient (Wildman–Crippen LogP) is 2.97. The maximum Gasteiger partial charge on any atom is 0.287 e. The van der Waals surface area contributed by atoms with Crippen molar-refractivity contribution in [3.8, 4) is 0 Å². The van der Waals surface area contributed by atoms with Crippen LogP contribution in [0, 0.1) is 12.7 Å². The molecule has 1 saturated heterocycles. The van der Waals surface area contributed by atoms with Crippen molar-refractivity contribution in [1.82, 2.24) is 9.62 Å². The summed E-state index contributed by atoms with van der Waals surface area (Å²) in [6.07, 6.45) is 3.50. The van der Waals surface area contributed by atoms with Crippen molar-refractivity contribution in [3.05, 3.63) is 53.2 Å². The molecule has 28 heavy (non-hydrogen) atoms. The Morgan fingerprint density at radius 2 is 1.86 bits per heavy atom. The molecule has 1 aromatic carbocycles. The van der Waals surface area contributed by atoms with Crippen LogP contribution in [-0.4, -0.2) is 38.3 Å². The normalized spacial score (nSPS) is 18.9. The van der Waals surface area contributed by atoms with E-state index in [0.717, 1.165) is 31.2 Å². The van der Waals surface area contributed by atoms with Crippen molar-refractivity contribution in [3.63, 3.8) is 0 Å². The van der Waals surface area contributed by atoms with Crippen molar-refractivity contribution in [2.45, 2.75) is 42.9 Å². The Morgan fingerprint density at radius 3 is 2.46 bits per heavy atom. The van der Waals surface area contributed by atoms with Crippen LogP contribution in [-0.2, 0) is 15.4 Å². The molecule has 2 heterocycles. The molecule has 1 aromatic heterocycles. The van der Waals surface area contributed by atoms with Gasteiger partial charge in [0.25, 0.3) is 5.91 Å². The molecule has 1 saturated carbocycles. The molecule has 0 bridgehead atoms. The standard InChI is InChI=1S/C20H23FN2O4S/c1-14-18(28(25,26)23-10-2-3-11-23)12-17(27-14)19(24)22-13-20(8-9-20)15-4-6-16(21)7-5-15/h4-7,12H,2-3,8-11,13H2,1H3,(H,22,24). The second-order valence-electron chi connectivity index (χ2n) is 7.61. The third-order valence-electron chi connectivity index (χ3n) is 5.68. The molecule has 0 radical (unpaired) electrons. The van der Waals surface area contributed by atoms with E-state index in [0.29, 0.717) is 19.6 Å². The van der Waals surface area contributed by atoms with Gasteiger partial charge >= 0.3 is 0 Å². The largest absolute Gasteiger partial charge is 0.455 e. The summed E-state index contributed by atoms with van der Waals surface area (Å²) in [6, 6.07) is 7.64. The first kappa shape index (κ1) is 19.1. The average molecular weight is 406 g/mol. The summed E-state index contributed by atoms with van der Waals surface area (Å²) < 4.78 is 45.5. The van der Waals surface area contributed by atoms with Crippen LogP contribution in [0.15, 0.2) is 39.6 Å². The molecule has 1 amide bonds. The number of carbonyl (C=O) groups is 1. The quantitative estimate of drug-likeness (QED) is 0.800. The molecular weight excluding hydrogens is 383 g/mol. The lowest BCUT2D eigenvalue weighted by Crippen LogP contribution is -2.32. The number of sulfonamides is 1. The monoisotopic (exact) mass is 406 g/mol. The highest BCUT2D eigenvalue weighted by Gasteiger charge is 2.44. The first-order valence-corrected chi connectivity index (χ1v) is 10.9. The van der Waals surface area contributed by atoms with Crippen LogP contribution in [0.5, 0.6) is 0 Å². The molecule has 2 aliphatic rings. The van der Waals surface area contributed by atoms with Crippen LogP contribution in [0.2, 0.25) is 0 Å². The molecule has 1 N–H and O–H groups in total. The van der Waals surface area contributed by atoms with E-state index in [1.165, 1.54) is 22.5 Å². The second kappa shape index (κ2) is 7.00. The van der Waals surface area contributed by atoms with E-state index in [9.17, 15) is 17.6 Å². The SMILES string of the molecule is Cc1oc(C(=O)NCC2(c3ccc(F)cc3)CC2)cc1S(=O)(=O)N1CCCC1. The van der Waals surface area contributed by atoms with Crippen LogP contribution in [0.4, 0.5) is 4.39 Å². The molecule has 1 aliphatic carbocycles. The number of carbonyl (C=O) groups excluding carboxylic acids is 1. The number of hydrogen-bond acceptors (Lipinski definition) is 4. The maximum absolute atomic E-state index is 13.1. The fourth-order valence-electron chi connectivity index (χ4n) is 3.76. The lowest BCUT2D eigenvalue weighted by molar-refractivity contribution is 0.0920. The number of nitrogens with zero attached hydrogens (tertiary/aromatic N) is 1. The Morgan fingerprint density at radius 1 is 1.21 bits per heavy atom. The number of aryl methyl sites for hydroxylation is 1. The Bertz CT molecular complexity index is 988. The first-order chi connectivity index (χ1) is 13.3. The van der Waals surface area contributed by atoms with E-state index in [1.807, 2.05) is 0 Å². The van der Waals surface area contributed by atoms with Gasteiger partial charge in [0.2, 0.25) is 10.0 Å². The molecule has 4 rings (SSSR count). The number of halogens is 1. The fourth-order valence-corrected chi connectivity index (χ4v) is 5.44. The van der Waals surface area contributed by atoms with E-state index >= 15 is 0 Å². The maximum atomic E-state index is 13.1. The molecule has 0 atom stereocenters. The van der Waals surface area contributed by atoms with Crippen LogP contribution >= 0.6 is 0 Å². The minimum absolute atomic E-state index is 0.00909. The van der Waals surface area contributed by atoms with Gasteiger partial charge in [-0.2, -0.15) is 4.31 Å². The van der Waals surface area contributed by atoms with E-state index in [-0.39, 0.29) is 27.6 Å². The van der Waals surface area contributed by atoms with Crippen molar-refractivity contribution in [2.24, 2.45) is 0 Å². The minimum Gasteiger partial charge on any atom is -0.455 e. The fraction of sp³-hybridized carbons (Fsp3) is 0.450. The minimum atomic E-state index is -3.64. The highest BCUT2D eigenvalue weighted by Crippen LogP contribution is 2.47. The molecule has 1 aliphatic heterocycles. The molecular formula is C20H23FN2O4S. The second-order valence-corrected chi connectivity index (χ2v) is 9.52. The van der Waals surface area contributed by atoms with Crippen molar-refractivity contribution >= 4 is 15.9 Å². The Hall–Kier alpha value is -2.19. The van der Waals surface area contributed by atoms with E-state index in [4.69, 9.17) is 4.42 Å². The summed E-state index contributed by atoms with van der Waals surface area (Å²) in [5, 5.41) is 2.84. The number of amides is 1. The molecule has 0 spiro atoms. The molecule has 8 heteroatoms. The smallest absolute Gasteiger partial charge is 0.287 e. The van der Waals surface area contributed by atoms with Crippen molar-refractivity contribution in [1.29, 1.82) is 0 Å². The topological polar surface area (TPSA) is 79.6 Å². The van der Waals surface area contributed by atoms with Crippen LogP contribution in [0.25, 0.3) is 0 Å². The van der Waals surface area contributed by atoms with Gasteiger partial charge in [-0.25, -0.2) is 12.8 Å². The highest BCUT2D eigenvalue weighted by atomic mass is 32.2. The Labute approximate surface area is 163 Å². The number of furan rings is 1. The van der Waals surface area contributed by atoms with Gasteiger partial charge in [0, 0.05) is 31.1 Å². The lowest BCUT2D eigenvalue weighted by atomic mass is 9.96. The highest BCUT2D eigenvalue weighted by molar-refractivity contribution is 7.89.